The molecule has 0 fully saturated rings. The number of nitrogens with one attached hydrogen (secondary N) is 1. The largest absolute Gasteiger partial charge is 0.338 e. The zero-order valence-corrected chi connectivity index (χ0v) is 9.62. The number of rotatable bonds is 5. The third-order valence-corrected chi connectivity index (χ3v) is 2.73. The number of hydrogen-bond donors (Lipinski definition) is 1. The van der Waals surface area contributed by atoms with Crippen LogP contribution in [0.15, 0.2) is 12.4 Å². The minimum absolute atomic E-state index is 0.460. The van der Waals surface area contributed by atoms with Gasteiger partial charge in [-0.2, -0.15) is 0 Å². The zero-order chi connectivity index (χ0) is 10.6. The summed E-state index contributed by atoms with van der Waals surface area (Å²) in [7, 11) is 2.05. The summed E-state index contributed by atoms with van der Waals surface area (Å²) in [6, 6.07) is 0.482. The molecular formula is C11H21N3. The Kier molecular flexibility index (Phi) is 4.14. The van der Waals surface area contributed by atoms with Crippen LogP contribution < -0.4 is 5.32 Å². The lowest BCUT2D eigenvalue weighted by molar-refractivity contribution is 0.459. The minimum atomic E-state index is 0.460. The highest BCUT2D eigenvalue weighted by molar-refractivity contribution is 5.01. The first-order valence-electron chi connectivity index (χ1n) is 5.37. The van der Waals surface area contributed by atoms with Crippen molar-refractivity contribution in [2.24, 2.45) is 7.05 Å². The van der Waals surface area contributed by atoms with E-state index in [1.54, 1.807) is 0 Å². The lowest BCUT2D eigenvalue weighted by Gasteiger charge is -2.20. The lowest BCUT2D eigenvalue weighted by atomic mass is 10.0. The first kappa shape index (κ1) is 11.2. The fourth-order valence-corrected chi connectivity index (χ4v) is 1.59. The Hall–Kier alpha value is -0.830. The molecule has 0 aliphatic heterocycles. The summed E-state index contributed by atoms with van der Waals surface area (Å²) in [6.45, 7) is 7.70. The summed E-state index contributed by atoms with van der Waals surface area (Å²) in [4.78, 5) is 4.37. The maximum atomic E-state index is 4.37. The van der Waals surface area contributed by atoms with Crippen molar-refractivity contribution in [1.82, 2.24) is 14.9 Å². The number of imidazole rings is 1. The molecule has 0 saturated carbocycles. The van der Waals surface area contributed by atoms with E-state index in [-0.39, 0.29) is 0 Å². The summed E-state index contributed by atoms with van der Waals surface area (Å²) >= 11 is 0. The summed E-state index contributed by atoms with van der Waals surface area (Å²) in [5.74, 6) is 1.61. The molecule has 1 heterocycles. The molecule has 0 saturated heterocycles. The molecule has 1 aromatic rings. The molecule has 0 amide bonds. The van der Waals surface area contributed by atoms with E-state index in [4.69, 9.17) is 0 Å². The molecule has 0 aromatic carbocycles. The van der Waals surface area contributed by atoms with Crippen LogP contribution in [0.25, 0.3) is 0 Å². The van der Waals surface area contributed by atoms with Crippen molar-refractivity contribution in [3.63, 3.8) is 0 Å². The smallest absolute Gasteiger partial charge is 0.112 e. The third-order valence-electron chi connectivity index (χ3n) is 2.73. The summed E-state index contributed by atoms with van der Waals surface area (Å²) in [5.41, 5.74) is 0. The number of aryl methyl sites for hydroxylation is 1. The molecule has 0 radical (unpaired) electrons. The highest BCUT2D eigenvalue weighted by atomic mass is 15.1. The molecule has 1 N–H and O–H groups in total. The van der Waals surface area contributed by atoms with Crippen molar-refractivity contribution >= 4 is 0 Å². The van der Waals surface area contributed by atoms with Gasteiger partial charge in [-0.05, 0) is 19.9 Å². The third kappa shape index (κ3) is 2.58. The highest BCUT2D eigenvalue weighted by Gasteiger charge is 2.16. The number of aromatic nitrogens is 2. The van der Waals surface area contributed by atoms with E-state index in [9.17, 15) is 0 Å². The molecule has 0 spiro atoms. The first-order chi connectivity index (χ1) is 6.66. The Morgan fingerprint density at radius 2 is 2.21 bits per heavy atom. The Labute approximate surface area is 86.5 Å². The SMILES string of the molecule is CCCNC(C)C(C)c1nccn1C. The Morgan fingerprint density at radius 1 is 1.50 bits per heavy atom. The zero-order valence-electron chi connectivity index (χ0n) is 9.62. The van der Waals surface area contributed by atoms with Crippen molar-refractivity contribution in [2.75, 3.05) is 6.54 Å². The van der Waals surface area contributed by atoms with Gasteiger partial charge in [0.25, 0.3) is 0 Å². The second kappa shape index (κ2) is 5.15. The maximum absolute atomic E-state index is 4.37. The molecule has 80 valence electrons. The molecule has 1 rings (SSSR count). The molecule has 14 heavy (non-hydrogen) atoms. The Bertz CT molecular complexity index is 267. The van der Waals surface area contributed by atoms with Crippen LogP contribution in [0.4, 0.5) is 0 Å². The van der Waals surface area contributed by atoms with Crippen LogP contribution in [0.1, 0.15) is 38.9 Å². The van der Waals surface area contributed by atoms with Gasteiger partial charge in [0.15, 0.2) is 0 Å². The van der Waals surface area contributed by atoms with E-state index in [0.717, 1.165) is 12.4 Å². The predicted octanol–water partition coefficient (Wildman–Crippen LogP) is 1.91. The number of nitrogens with zero attached hydrogens (tertiary/aromatic N) is 2. The van der Waals surface area contributed by atoms with Crippen LogP contribution in [-0.4, -0.2) is 22.1 Å². The summed E-state index contributed by atoms with van der Waals surface area (Å²) in [6.07, 6.45) is 5.04. The van der Waals surface area contributed by atoms with Gasteiger partial charge in [-0.15, -0.1) is 0 Å². The van der Waals surface area contributed by atoms with Crippen molar-refractivity contribution in [2.45, 2.75) is 39.2 Å². The van der Waals surface area contributed by atoms with E-state index in [1.165, 1.54) is 6.42 Å². The van der Waals surface area contributed by atoms with Crippen LogP contribution in [0.2, 0.25) is 0 Å². The van der Waals surface area contributed by atoms with Crippen molar-refractivity contribution in [3.8, 4) is 0 Å². The predicted molar refractivity (Wildman–Crippen MR) is 59.4 cm³/mol. The van der Waals surface area contributed by atoms with E-state index >= 15 is 0 Å². The fraction of sp³-hybridized carbons (Fsp3) is 0.727. The molecule has 1 aromatic heterocycles. The van der Waals surface area contributed by atoms with Crippen molar-refractivity contribution in [3.05, 3.63) is 18.2 Å². The molecule has 2 unspecified atom stereocenters. The quantitative estimate of drug-likeness (QED) is 0.778. The van der Waals surface area contributed by atoms with Gasteiger partial charge in [0, 0.05) is 31.4 Å². The second-order valence-corrected chi connectivity index (χ2v) is 3.93. The van der Waals surface area contributed by atoms with Crippen LogP contribution in [0.3, 0.4) is 0 Å². The van der Waals surface area contributed by atoms with Crippen LogP contribution in [0, 0.1) is 0 Å². The lowest BCUT2D eigenvalue weighted by Crippen LogP contribution is -2.32. The van der Waals surface area contributed by atoms with Crippen molar-refractivity contribution < 1.29 is 0 Å². The molecule has 0 aliphatic carbocycles. The van der Waals surface area contributed by atoms with Gasteiger partial charge in [0.1, 0.15) is 5.82 Å². The second-order valence-electron chi connectivity index (χ2n) is 3.93. The van der Waals surface area contributed by atoms with Gasteiger partial charge in [-0.3, -0.25) is 0 Å². The molecule has 0 aliphatic rings. The topological polar surface area (TPSA) is 29.9 Å². The summed E-state index contributed by atoms with van der Waals surface area (Å²) in [5, 5.41) is 3.49. The molecule has 0 bridgehead atoms. The van der Waals surface area contributed by atoms with Gasteiger partial charge in [-0.1, -0.05) is 13.8 Å². The van der Waals surface area contributed by atoms with Gasteiger partial charge in [0.05, 0.1) is 0 Å². The average Bonchev–Trinajstić information content (AvgIpc) is 2.59. The molecular weight excluding hydrogens is 174 g/mol. The average molecular weight is 195 g/mol. The maximum Gasteiger partial charge on any atom is 0.112 e. The highest BCUT2D eigenvalue weighted by Crippen LogP contribution is 2.16. The van der Waals surface area contributed by atoms with E-state index in [1.807, 2.05) is 19.4 Å². The fourth-order valence-electron chi connectivity index (χ4n) is 1.59. The van der Waals surface area contributed by atoms with E-state index < -0.39 is 0 Å². The van der Waals surface area contributed by atoms with Gasteiger partial charge < -0.3 is 9.88 Å². The van der Waals surface area contributed by atoms with E-state index in [0.29, 0.717) is 12.0 Å². The molecule has 3 nitrogen and oxygen atoms in total. The Morgan fingerprint density at radius 3 is 2.71 bits per heavy atom. The standard InChI is InChI=1S/C11H21N3/c1-5-6-12-10(3)9(2)11-13-7-8-14(11)4/h7-10,12H,5-6H2,1-4H3. The van der Waals surface area contributed by atoms with E-state index in [2.05, 4.69) is 35.6 Å². The van der Waals surface area contributed by atoms with Crippen LogP contribution >= 0.6 is 0 Å². The van der Waals surface area contributed by atoms with Crippen molar-refractivity contribution in [1.29, 1.82) is 0 Å². The molecule has 2 atom stereocenters. The summed E-state index contributed by atoms with van der Waals surface area (Å²) < 4.78 is 2.09. The normalized spacial score (nSPS) is 15.4. The van der Waals surface area contributed by atoms with Crippen LogP contribution in [-0.2, 0) is 7.05 Å². The van der Waals surface area contributed by atoms with Gasteiger partial charge in [-0.25, -0.2) is 4.98 Å². The van der Waals surface area contributed by atoms with Crippen LogP contribution in [0.5, 0.6) is 0 Å². The van der Waals surface area contributed by atoms with Gasteiger partial charge in [0.2, 0.25) is 0 Å². The first-order valence-corrected chi connectivity index (χ1v) is 5.37. The monoisotopic (exact) mass is 195 g/mol. The Balaban J connectivity index is 2.56. The molecule has 3 heteroatoms. The van der Waals surface area contributed by atoms with Gasteiger partial charge >= 0.3 is 0 Å². The number of hydrogen-bond acceptors (Lipinski definition) is 2. The minimum Gasteiger partial charge on any atom is -0.338 e.